The van der Waals surface area contributed by atoms with Crippen LogP contribution in [-0.2, 0) is 5.41 Å². The highest BCUT2D eigenvalue weighted by Crippen LogP contribution is 2.45. The molecule has 1 aliphatic rings. The van der Waals surface area contributed by atoms with Gasteiger partial charge in [0.15, 0.2) is 0 Å². The molecule has 1 aromatic carbocycles. The highest BCUT2D eigenvalue weighted by atomic mass is 15.1. The van der Waals surface area contributed by atoms with E-state index in [0.29, 0.717) is 11.5 Å². The summed E-state index contributed by atoms with van der Waals surface area (Å²) in [5, 5.41) is 0. The van der Waals surface area contributed by atoms with Crippen LogP contribution in [-0.4, -0.2) is 24.5 Å². The Morgan fingerprint density at radius 2 is 1.89 bits per heavy atom. The van der Waals surface area contributed by atoms with E-state index in [4.69, 9.17) is 0 Å². The lowest BCUT2D eigenvalue weighted by Gasteiger charge is -2.50. The van der Waals surface area contributed by atoms with Gasteiger partial charge < -0.3 is 4.90 Å². The lowest BCUT2D eigenvalue weighted by atomic mass is 9.62. The Morgan fingerprint density at radius 1 is 1.22 bits per heavy atom. The van der Waals surface area contributed by atoms with E-state index in [1.54, 1.807) is 5.56 Å². The Morgan fingerprint density at radius 3 is 2.44 bits per heavy atom. The lowest BCUT2D eigenvalue weighted by Crippen LogP contribution is -2.52. The number of hydrogen-bond acceptors (Lipinski definition) is 1. The Bertz CT molecular complexity index is 372. The maximum Gasteiger partial charge on any atom is 0.00726 e. The van der Waals surface area contributed by atoms with E-state index in [2.05, 4.69) is 63.1 Å². The van der Waals surface area contributed by atoms with Crippen molar-refractivity contribution < 1.29 is 0 Å². The first-order chi connectivity index (χ1) is 8.64. The molecule has 0 spiro atoms. The van der Waals surface area contributed by atoms with Crippen LogP contribution in [0.25, 0.3) is 0 Å². The second-order valence-electron chi connectivity index (χ2n) is 5.97. The summed E-state index contributed by atoms with van der Waals surface area (Å²) in [4.78, 5) is 2.53. The third kappa shape index (κ3) is 2.21. The van der Waals surface area contributed by atoms with Crippen LogP contribution in [0.4, 0.5) is 0 Å². The van der Waals surface area contributed by atoms with Crippen LogP contribution < -0.4 is 0 Å². The van der Waals surface area contributed by atoms with Gasteiger partial charge in [-0.2, -0.15) is 0 Å². The van der Waals surface area contributed by atoms with Crippen molar-refractivity contribution >= 4 is 0 Å². The van der Waals surface area contributed by atoms with Crippen LogP contribution in [0.5, 0.6) is 0 Å². The molecule has 0 amide bonds. The summed E-state index contributed by atoms with van der Waals surface area (Å²) in [6, 6.07) is 11.9. The van der Waals surface area contributed by atoms with Crippen LogP contribution in [0.3, 0.4) is 0 Å². The zero-order chi connectivity index (χ0) is 13.2. The van der Waals surface area contributed by atoms with E-state index < -0.39 is 0 Å². The Kier molecular flexibility index (Phi) is 4.11. The van der Waals surface area contributed by atoms with E-state index in [-0.39, 0.29) is 0 Å². The molecule has 0 bridgehead atoms. The highest BCUT2D eigenvalue weighted by molar-refractivity contribution is 5.28. The molecule has 2 rings (SSSR count). The maximum absolute atomic E-state index is 2.53. The van der Waals surface area contributed by atoms with E-state index in [1.165, 1.54) is 25.8 Å². The minimum absolute atomic E-state index is 0.391. The van der Waals surface area contributed by atoms with Gasteiger partial charge in [-0.25, -0.2) is 0 Å². The molecule has 1 heterocycles. The molecule has 100 valence electrons. The summed E-state index contributed by atoms with van der Waals surface area (Å²) in [5.41, 5.74) is 1.95. The lowest BCUT2D eigenvalue weighted by molar-refractivity contribution is 0.0601. The second kappa shape index (κ2) is 5.44. The first-order valence-corrected chi connectivity index (χ1v) is 7.39. The van der Waals surface area contributed by atoms with Crippen LogP contribution in [0, 0.1) is 5.92 Å². The van der Waals surface area contributed by atoms with Gasteiger partial charge in [0.1, 0.15) is 0 Å². The predicted molar refractivity (Wildman–Crippen MR) is 78.9 cm³/mol. The van der Waals surface area contributed by atoms with Gasteiger partial charge in [0.05, 0.1) is 0 Å². The van der Waals surface area contributed by atoms with Crippen LogP contribution in [0.1, 0.15) is 45.6 Å². The van der Waals surface area contributed by atoms with Crippen molar-refractivity contribution in [1.29, 1.82) is 0 Å². The zero-order valence-electron chi connectivity index (χ0n) is 12.3. The monoisotopic (exact) mass is 245 g/mol. The zero-order valence-corrected chi connectivity index (χ0v) is 12.3. The fraction of sp³-hybridized carbons (Fsp3) is 0.647. The fourth-order valence-corrected chi connectivity index (χ4v) is 3.83. The summed E-state index contributed by atoms with van der Waals surface area (Å²) in [7, 11) is 2.28. The molecule has 0 radical (unpaired) electrons. The molecule has 1 aromatic rings. The SMILES string of the molecule is CCC1CN(C)C(C)CC1(CC)c1ccccc1. The number of piperidine rings is 1. The van der Waals surface area contributed by atoms with Gasteiger partial charge >= 0.3 is 0 Å². The number of benzene rings is 1. The van der Waals surface area contributed by atoms with Crippen molar-refractivity contribution in [2.45, 2.75) is 51.5 Å². The van der Waals surface area contributed by atoms with Gasteiger partial charge in [-0.1, -0.05) is 50.6 Å². The molecule has 1 saturated heterocycles. The first kappa shape index (κ1) is 13.6. The van der Waals surface area contributed by atoms with Crippen LogP contribution >= 0.6 is 0 Å². The largest absolute Gasteiger partial charge is 0.303 e. The average Bonchev–Trinajstić information content (AvgIpc) is 2.42. The van der Waals surface area contributed by atoms with Crippen molar-refractivity contribution in [2.75, 3.05) is 13.6 Å². The third-order valence-electron chi connectivity index (χ3n) is 5.17. The molecule has 0 aliphatic carbocycles. The summed E-state index contributed by atoms with van der Waals surface area (Å²) >= 11 is 0. The van der Waals surface area contributed by atoms with Gasteiger partial charge in [-0.3, -0.25) is 0 Å². The molecular formula is C17H27N. The molecule has 1 fully saturated rings. The van der Waals surface area contributed by atoms with Crippen molar-refractivity contribution in [2.24, 2.45) is 5.92 Å². The molecule has 0 aromatic heterocycles. The number of rotatable bonds is 3. The topological polar surface area (TPSA) is 3.24 Å². The van der Waals surface area contributed by atoms with Gasteiger partial charge in [0, 0.05) is 18.0 Å². The number of hydrogen-bond donors (Lipinski definition) is 0. The Balaban J connectivity index is 2.40. The summed E-state index contributed by atoms with van der Waals surface area (Å²) in [5.74, 6) is 0.783. The maximum atomic E-state index is 2.53. The third-order valence-corrected chi connectivity index (χ3v) is 5.17. The quantitative estimate of drug-likeness (QED) is 0.775. The average molecular weight is 245 g/mol. The molecule has 0 N–H and O–H groups in total. The Hall–Kier alpha value is -0.820. The van der Waals surface area contributed by atoms with Crippen LogP contribution in [0.2, 0.25) is 0 Å². The van der Waals surface area contributed by atoms with Gasteiger partial charge in [-0.05, 0) is 38.3 Å². The standard InChI is InChI=1S/C17H27N/c1-5-15-13-18(4)14(3)12-17(15,6-2)16-10-8-7-9-11-16/h7-11,14-15H,5-6,12-13H2,1-4H3. The van der Waals surface area contributed by atoms with Gasteiger partial charge in [0.25, 0.3) is 0 Å². The minimum Gasteiger partial charge on any atom is -0.303 e. The molecule has 3 atom stereocenters. The summed E-state index contributed by atoms with van der Waals surface area (Å²) in [6.07, 6.45) is 3.83. The molecule has 18 heavy (non-hydrogen) atoms. The molecule has 0 saturated carbocycles. The molecule has 1 heteroatoms. The van der Waals surface area contributed by atoms with E-state index in [1.807, 2.05) is 0 Å². The predicted octanol–water partition coefficient (Wildman–Crippen LogP) is 4.08. The van der Waals surface area contributed by atoms with Crippen LogP contribution in [0.15, 0.2) is 30.3 Å². The van der Waals surface area contributed by atoms with Crippen molar-refractivity contribution in [3.63, 3.8) is 0 Å². The molecule has 3 unspecified atom stereocenters. The van der Waals surface area contributed by atoms with Gasteiger partial charge in [-0.15, -0.1) is 0 Å². The summed E-state index contributed by atoms with van der Waals surface area (Å²) < 4.78 is 0. The first-order valence-electron chi connectivity index (χ1n) is 7.39. The molecule has 1 nitrogen and oxygen atoms in total. The Labute approximate surface area is 112 Å². The van der Waals surface area contributed by atoms with E-state index in [0.717, 1.165) is 5.92 Å². The highest BCUT2D eigenvalue weighted by Gasteiger charge is 2.43. The van der Waals surface area contributed by atoms with Crippen molar-refractivity contribution in [1.82, 2.24) is 4.90 Å². The van der Waals surface area contributed by atoms with Crippen molar-refractivity contribution in [3.8, 4) is 0 Å². The normalized spacial score (nSPS) is 33.6. The fourth-order valence-electron chi connectivity index (χ4n) is 3.83. The number of likely N-dealkylation sites (tertiary alicyclic amines) is 1. The molecular weight excluding hydrogens is 218 g/mol. The van der Waals surface area contributed by atoms with E-state index in [9.17, 15) is 0 Å². The van der Waals surface area contributed by atoms with Crippen molar-refractivity contribution in [3.05, 3.63) is 35.9 Å². The minimum atomic E-state index is 0.391. The van der Waals surface area contributed by atoms with E-state index >= 15 is 0 Å². The molecule has 1 aliphatic heterocycles. The summed E-state index contributed by atoms with van der Waals surface area (Å²) in [6.45, 7) is 8.33. The smallest absolute Gasteiger partial charge is 0.00726 e. The number of nitrogens with zero attached hydrogens (tertiary/aromatic N) is 1. The van der Waals surface area contributed by atoms with Gasteiger partial charge in [0.2, 0.25) is 0 Å². The second-order valence-corrected chi connectivity index (χ2v) is 5.97.